The number of thiazole rings is 1. The minimum atomic E-state index is -0.698. The van der Waals surface area contributed by atoms with E-state index in [2.05, 4.69) is 15.6 Å². The Balaban J connectivity index is 1.96. The lowest BCUT2D eigenvalue weighted by Gasteiger charge is -2.20. The van der Waals surface area contributed by atoms with E-state index in [4.69, 9.17) is 16.3 Å². The van der Waals surface area contributed by atoms with Gasteiger partial charge in [-0.15, -0.1) is 11.3 Å². The van der Waals surface area contributed by atoms with Gasteiger partial charge in [0.1, 0.15) is 11.4 Å². The van der Waals surface area contributed by atoms with E-state index < -0.39 is 17.5 Å². The number of ether oxygens (including phenoxy) is 1. The predicted octanol–water partition coefficient (Wildman–Crippen LogP) is 4.89. The van der Waals surface area contributed by atoms with Gasteiger partial charge in [0.25, 0.3) is 0 Å². The molecule has 23 heavy (non-hydrogen) atoms. The normalized spacial score (nSPS) is 11.2. The molecule has 0 aliphatic rings. The van der Waals surface area contributed by atoms with E-state index >= 15 is 0 Å². The van der Waals surface area contributed by atoms with Crippen molar-refractivity contribution in [1.82, 2.24) is 4.98 Å². The second-order valence-electron chi connectivity index (χ2n) is 5.75. The number of halogens is 2. The van der Waals surface area contributed by atoms with E-state index in [0.717, 1.165) is 4.88 Å². The van der Waals surface area contributed by atoms with Crippen LogP contribution in [-0.2, 0) is 11.3 Å². The van der Waals surface area contributed by atoms with Gasteiger partial charge in [-0.1, -0.05) is 11.6 Å². The zero-order chi connectivity index (χ0) is 17.0. The summed E-state index contributed by atoms with van der Waals surface area (Å²) in [6.07, 6.45) is 0.964. The second-order valence-corrected chi connectivity index (χ2v) is 7.45. The first-order chi connectivity index (χ1) is 10.7. The van der Waals surface area contributed by atoms with Crippen LogP contribution in [0.2, 0.25) is 4.47 Å². The fourth-order valence-corrected chi connectivity index (χ4v) is 2.61. The summed E-state index contributed by atoms with van der Waals surface area (Å²) in [5, 5.41) is 5.44. The van der Waals surface area contributed by atoms with Crippen molar-refractivity contribution in [2.45, 2.75) is 32.9 Å². The van der Waals surface area contributed by atoms with Crippen molar-refractivity contribution in [3.05, 3.63) is 39.6 Å². The average Bonchev–Trinajstić information content (AvgIpc) is 2.83. The van der Waals surface area contributed by atoms with Crippen LogP contribution < -0.4 is 10.6 Å². The molecule has 0 aliphatic heterocycles. The van der Waals surface area contributed by atoms with Crippen LogP contribution in [0.15, 0.2) is 24.4 Å². The third-order valence-electron chi connectivity index (χ3n) is 2.60. The standard InChI is InChI=1S/C15H17ClFN3O2S/c1-15(2,3)22-14(21)20-12-5-4-9(6-11(12)17)18-7-10-8-19-13(16)23-10/h4-6,8,18H,7H2,1-3H3,(H,20,21). The van der Waals surface area contributed by atoms with Gasteiger partial charge in [0.15, 0.2) is 4.47 Å². The van der Waals surface area contributed by atoms with Crippen LogP contribution in [0.3, 0.4) is 0 Å². The Hall–Kier alpha value is -1.86. The highest BCUT2D eigenvalue weighted by molar-refractivity contribution is 7.15. The molecule has 2 N–H and O–H groups in total. The molecule has 0 fully saturated rings. The zero-order valence-electron chi connectivity index (χ0n) is 12.9. The summed E-state index contributed by atoms with van der Waals surface area (Å²) in [6.45, 7) is 5.70. The average molecular weight is 358 g/mol. The van der Waals surface area contributed by atoms with E-state index in [1.54, 1.807) is 33.0 Å². The maximum Gasteiger partial charge on any atom is 0.412 e. The van der Waals surface area contributed by atoms with Crippen LogP contribution in [0, 0.1) is 5.82 Å². The van der Waals surface area contributed by atoms with E-state index in [1.807, 2.05) is 0 Å². The first kappa shape index (κ1) is 17.5. The molecule has 5 nitrogen and oxygen atoms in total. The second kappa shape index (κ2) is 7.14. The topological polar surface area (TPSA) is 63.2 Å². The largest absolute Gasteiger partial charge is 0.444 e. The first-order valence-electron chi connectivity index (χ1n) is 6.86. The maximum absolute atomic E-state index is 14.0. The Labute approximate surface area is 142 Å². The summed E-state index contributed by atoms with van der Waals surface area (Å²) in [4.78, 5) is 16.5. The molecule has 2 rings (SSSR count). The summed E-state index contributed by atoms with van der Waals surface area (Å²) < 4.78 is 19.6. The van der Waals surface area contributed by atoms with Crippen molar-refractivity contribution in [3.63, 3.8) is 0 Å². The van der Waals surface area contributed by atoms with Gasteiger partial charge in [-0.3, -0.25) is 5.32 Å². The van der Waals surface area contributed by atoms with Gasteiger partial charge in [0.05, 0.1) is 12.2 Å². The van der Waals surface area contributed by atoms with Crippen LogP contribution in [0.5, 0.6) is 0 Å². The lowest BCUT2D eigenvalue weighted by Crippen LogP contribution is -2.27. The molecule has 0 atom stereocenters. The molecular weight excluding hydrogens is 341 g/mol. The fraction of sp³-hybridized carbons (Fsp3) is 0.333. The summed E-state index contributed by atoms with van der Waals surface area (Å²) >= 11 is 7.10. The highest BCUT2D eigenvalue weighted by Crippen LogP contribution is 2.22. The van der Waals surface area contributed by atoms with Gasteiger partial charge in [0, 0.05) is 16.8 Å². The number of carbonyl (C=O) groups excluding carboxylic acids is 1. The number of rotatable bonds is 4. The van der Waals surface area contributed by atoms with Gasteiger partial charge in [-0.05, 0) is 39.0 Å². The zero-order valence-corrected chi connectivity index (χ0v) is 14.5. The number of amides is 1. The molecule has 0 spiro atoms. The number of nitrogens with zero attached hydrogens (tertiary/aromatic N) is 1. The summed E-state index contributed by atoms with van der Waals surface area (Å²) in [5.41, 5.74) is 0.00494. The van der Waals surface area contributed by atoms with Crippen LogP contribution in [0.4, 0.5) is 20.6 Å². The van der Waals surface area contributed by atoms with Crippen LogP contribution in [0.1, 0.15) is 25.6 Å². The lowest BCUT2D eigenvalue weighted by molar-refractivity contribution is 0.0635. The van der Waals surface area contributed by atoms with E-state index in [9.17, 15) is 9.18 Å². The summed E-state index contributed by atoms with van der Waals surface area (Å²) in [7, 11) is 0. The van der Waals surface area contributed by atoms with Crippen LogP contribution in [-0.4, -0.2) is 16.7 Å². The maximum atomic E-state index is 14.0. The smallest absolute Gasteiger partial charge is 0.412 e. The van der Waals surface area contributed by atoms with E-state index in [0.29, 0.717) is 16.7 Å². The summed E-state index contributed by atoms with van der Waals surface area (Å²) in [5.74, 6) is -0.553. The monoisotopic (exact) mass is 357 g/mol. The molecule has 0 unspecified atom stereocenters. The van der Waals surface area contributed by atoms with Crippen molar-refractivity contribution in [3.8, 4) is 0 Å². The Morgan fingerprint density at radius 3 is 2.74 bits per heavy atom. The van der Waals surface area contributed by atoms with Gasteiger partial charge in [0.2, 0.25) is 0 Å². The van der Waals surface area contributed by atoms with Gasteiger partial charge in [-0.2, -0.15) is 0 Å². The number of carbonyl (C=O) groups is 1. The van der Waals surface area contributed by atoms with Gasteiger partial charge < -0.3 is 10.1 Å². The van der Waals surface area contributed by atoms with Crippen molar-refractivity contribution in [2.75, 3.05) is 10.6 Å². The lowest BCUT2D eigenvalue weighted by atomic mass is 10.2. The van der Waals surface area contributed by atoms with Crippen molar-refractivity contribution >= 4 is 40.4 Å². The Kier molecular flexibility index (Phi) is 5.43. The van der Waals surface area contributed by atoms with Crippen LogP contribution >= 0.6 is 22.9 Å². The van der Waals surface area contributed by atoms with Crippen molar-refractivity contribution < 1.29 is 13.9 Å². The fourth-order valence-electron chi connectivity index (χ4n) is 1.69. The minimum Gasteiger partial charge on any atom is -0.444 e. The number of aromatic nitrogens is 1. The number of nitrogens with one attached hydrogen (secondary N) is 2. The molecule has 8 heteroatoms. The Morgan fingerprint density at radius 1 is 1.43 bits per heavy atom. The van der Waals surface area contributed by atoms with E-state index in [1.165, 1.54) is 23.5 Å². The number of anilines is 2. The molecule has 1 heterocycles. The molecule has 0 aliphatic carbocycles. The SMILES string of the molecule is CC(C)(C)OC(=O)Nc1ccc(NCc2cnc(Cl)s2)cc1F. The highest BCUT2D eigenvalue weighted by Gasteiger charge is 2.17. The number of hydrogen-bond acceptors (Lipinski definition) is 5. The summed E-state index contributed by atoms with van der Waals surface area (Å²) in [6, 6.07) is 4.44. The molecule has 0 bridgehead atoms. The van der Waals surface area contributed by atoms with Gasteiger partial charge in [-0.25, -0.2) is 14.2 Å². The molecule has 0 radical (unpaired) electrons. The molecule has 0 saturated carbocycles. The third-order valence-corrected chi connectivity index (χ3v) is 3.71. The number of hydrogen-bond donors (Lipinski definition) is 2. The highest BCUT2D eigenvalue weighted by atomic mass is 35.5. The molecular formula is C15H17ClFN3O2S. The Bertz CT molecular complexity index is 700. The van der Waals surface area contributed by atoms with Gasteiger partial charge >= 0.3 is 6.09 Å². The van der Waals surface area contributed by atoms with E-state index in [-0.39, 0.29) is 5.69 Å². The molecule has 1 amide bonds. The van der Waals surface area contributed by atoms with Crippen LogP contribution in [0.25, 0.3) is 0 Å². The first-order valence-corrected chi connectivity index (χ1v) is 8.06. The quantitative estimate of drug-likeness (QED) is 0.817. The molecule has 2 aromatic rings. The molecule has 1 aromatic heterocycles. The van der Waals surface area contributed by atoms with Crippen molar-refractivity contribution in [1.29, 1.82) is 0 Å². The Morgan fingerprint density at radius 2 is 2.17 bits per heavy atom. The molecule has 124 valence electrons. The molecule has 0 saturated heterocycles. The third kappa shape index (κ3) is 5.69. The number of benzene rings is 1. The minimum absolute atomic E-state index is 0.0608. The molecule has 1 aromatic carbocycles. The van der Waals surface area contributed by atoms with Crippen molar-refractivity contribution in [2.24, 2.45) is 0 Å². The predicted molar refractivity (Wildman–Crippen MR) is 90.7 cm³/mol.